The lowest BCUT2D eigenvalue weighted by Crippen LogP contribution is -2.23. The van der Waals surface area contributed by atoms with Crippen LogP contribution >= 0.6 is 15.9 Å². The van der Waals surface area contributed by atoms with Crippen molar-refractivity contribution in [1.82, 2.24) is 5.32 Å². The molecule has 0 amide bonds. The van der Waals surface area contributed by atoms with Crippen molar-refractivity contribution in [2.24, 2.45) is 0 Å². The fraction of sp³-hybridized carbons (Fsp3) is 0.455. The summed E-state index contributed by atoms with van der Waals surface area (Å²) < 4.78 is 38.4. The second kappa shape index (κ2) is 5.27. The third kappa shape index (κ3) is 3.89. The Morgan fingerprint density at radius 1 is 1.35 bits per heavy atom. The van der Waals surface area contributed by atoms with E-state index in [4.69, 9.17) is 5.73 Å². The van der Waals surface area contributed by atoms with Gasteiger partial charge in [-0.15, -0.1) is 0 Å². The summed E-state index contributed by atoms with van der Waals surface area (Å²) in [6.07, 6.45) is -4.43. The van der Waals surface area contributed by atoms with Crippen LogP contribution in [0.2, 0.25) is 0 Å². The Kier molecular flexibility index (Phi) is 4.43. The molecule has 0 unspecified atom stereocenters. The average molecular weight is 311 g/mol. The summed E-state index contributed by atoms with van der Waals surface area (Å²) in [6.45, 7) is 4.14. The zero-order valence-electron chi connectivity index (χ0n) is 9.53. The second-order valence-corrected chi connectivity index (χ2v) is 4.98. The highest BCUT2D eigenvalue weighted by Crippen LogP contribution is 2.37. The first kappa shape index (κ1) is 14.3. The SMILES string of the molecule is CC(C)NCc1cc(Br)cc(C(F)(F)F)c1N. The molecule has 0 saturated carbocycles. The van der Waals surface area contributed by atoms with Crippen molar-refractivity contribution < 1.29 is 13.2 Å². The molecule has 0 aliphatic rings. The van der Waals surface area contributed by atoms with Crippen LogP contribution in [0.1, 0.15) is 25.0 Å². The highest BCUT2D eigenvalue weighted by Gasteiger charge is 2.34. The summed E-state index contributed by atoms with van der Waals surface area (Å²) in [5.41, 5.74) is 4.98. The molecule has 0 atom stereocenters. The number of benzene rings is 1. The van der Waals surface area contributed by atoms with Crippen molar-refractivity contribution in [2.45, 2.75) is 32.6 Å². The normalized spacial score (nSPS) is 12.2. The Balaban J connectivity index is 3.11. The van der Waals surface area contributed by atoms with E-state index >= 15 is 0 Å². The fourth-order valence-electron chi connectivity index (χ4n) is 1.37. The van der Waals surface area contributed by atoms with E-state index in [9.17, 15) is 13.2 Å². The number of alkyl halides is 3. The summed E-state index contributed by atoms with van der Waals surface area (Å²) in [6, 6.07) is 2.77. The topological polar surface area (TPSA) is 38.0 Å². The molecule has 0 spiro atoms. The minimum Gasteiger partial charge on any atom is -0.398 e. The monoisotopic (exact) mass is 310 g/mol. The first-order valence-electron chi connectivity index (χ1n) is 5.10. The average Bonchev–Trinajstić information content (AvgIpc) is 2.17. The second-order valence-electron chi connectivity index (χ2n) is 4.06. The quantitative estimate of drug-likeness (QED) is 0.838. The van der Waals surface area contributed by atoms with E-state index in [1.807, 2.05) is 13.8 Å². The summed E-state index contributed by atoms with van der Waals surface area (Å²) >= 11 is 3.06. The van der Waals surface area contributed by atoms with Crippen LogP contribution in [0.5, 0.6) is 0 Å². The Labute approximate surface area is 107 Å². The van der Waals surface area contributed by atoms with E-state index in [0.717, 1.165) is 6.07 Å². The first-order chi connectivity index (χ1) is 7.71. The van der Waals surface area contributed by atoms with Gasteiger partial charge < -0.3 is 11.1 Å². The zero-order chi connectivity index (χ0) is 13.2. The molecule has 17 heavy (non-hydrogen) atoms. The molecular formula is C11H14BrF3N2. The van der Waals surface area contributed by atoms with E-state index in [1.54, 1.807) is 6.07 Å². The van der Waals surface area contributed by atoms with Gasteiger partial charge in [0.05, 0.1) is 5.56 Å². The van der Waals surface area contributed by atoms with Crippen LogP contribution < -0.4 is 11.1 Å². The van der Waals surface area contributed by atoms with Gasteiger partial charge in [0.25, 0.3) is 0 Å². The van der Waals surface area contributed by atoms with Gasteiger partial charge in [0.15, 0.2) is 0 Å². The molecule has 0 fully saturated rings. The molecule has 0 aromatic heterocycles. The molecule has 0 aliphatic heterocycles. The molecular weight excluding hydrogens is 297 g/mol. The molecule has 96 valence electrons. The number of nitrogens with two attached hydrogens (primary N) is 1. The summed E-state index contributed by atoms with van der Waals surface area (Å²) in [5, 5.41) is 3.04. The molecule has 0 radical (unpaired) electrons. The summed E-state index contributed by atoms with van der Waals surface area (Å²) in [5.74, 6) is 0. The number of nitrogens with one attached hydrogen (secondary N) is 1. The largest absolute Gasteiger partial charge is 0.418 e. The van der Waals surface area contributed by atoms with E-state index in [-0.39, 0.29) is 11.7 Å². The van der Waals surface area contributed by atoms with Crippen molar-refractivity contribution in [3.05, 3.63) is 27.7 Å². The lowest BCUT2D eigenvalue weighted by molar-refractivity contribution is -0.137. The van der Waals surface area contributed by atoms with Gasteiger partial charge in [0, 0.05) is 22.7 Å². The Morgan fingerprint density at radius 2 is 1.94 bits per heavy atom. The maximum Gasteiger partial charge on any atom is 0.418 e. The number of hydrogen-bond donors (Lipinski definition) is 2. The van der Waals surface area contributed by atoms with Gasteiger partial charge in [0.1, 0.15) is 0 Å². The summed E-state index contributed by atoms with van der Waals surface area (Å²) in [4.78, 5) is 0. The van der Waals surface area contributed by atoms with Crippen LogP contribution in [0, 0.1) is 0 Å². The number of nitrogen functional groups attached to an aromatic ring is 1. The molecule has 0 aliphatic carbocycles. The molecule has 6 heteroatoms. The van der Waals surface area contributed by atoms with Gasteiger partial charge in [-0.25, -0.2) is 0 Å². The Morgan fingerprint density at radius 3 is 2.41 bits per heavy atom. The first-order valence-corrected chi connectivity index (χ1v) is 5.89. The van der Waals surface area contributed by atoms with Crippen molar-refractivity contribution in [2.75, 3.05) is 5.73 Å². The highest BCUT2D eigenvalue weighted by molar-refractivity contribution is 9.10. The van der Waals surface area contributed by atoms with Crippen molar-refractivity contribution in [3.63, 3.8) is 0 Å². The van der Waals surface area contributed by atoms with E-state index in [0.29, 0.717) is 16.6 Å². The maximum absolute atomic E-state index is 12.7. The molecule has 3 N–H and O–H groups in total. The molecule has 2 nitrogen and oxygen atoms in total. The Hall–Kier alpha value is -0.750. The molecule has 0 saturated heterocycles. The standard InChI is InChI=1S/C11H14BrF3N2/c1-6(2)17-5-7-3-8(12)4-9(10(7)16)11(13,14)15/h3-4,6,17H,5,16H2,1-2H3. The van der Waals surface area contributed by atoms with Gasteiger partial charge >= 0.3 is 6.18 Å². The van der Waals surface area contributed by atoms with Gasteiger partial charge in [-0.1, -0.05) is 29.8 Å². The number of rotatable bonds is 3. The molecule has 0 heterocycles. The Bertz CT molecular complexity index is 402. The van der Waals surface area contributed by atoms with E-state index in [2.05, 4.69) is 21.2 Å². The van der Waals surface area contributed by atoms with Crippen molar-refractivity contribution >= 4 is 21.6 Å². The van der Waals surface area contributed by atoms with Crippen LogP contribution in [0.15, 0.2) is 16.6 Å². The zero-order valence-corrected chi connectivity index (χ0v) is 11.1. The number of halogens is 4. The van der Waals surface area contributed by atoms with Crippen LogP contribution in [0.4, 0.5) is 18.9 Å². The molecule has 1 aromatic rings. The predicted molar refractivity (Wildman–Crippen MR) is 65.5 cm³/mol. The molecule has 1 aromatic carbocycles. The minimum atomic E-state index is -4.43. The molecule has 0 bridgehead atoms. The van der Waals surface area contributed by atoms with Gasteiger partial charge in [-0.05, 0) is 17.7 Å². The van der Waals surface area contributed by atoms with Gasteiger partial charge in [-0.3, -0.25) is 0 Å². The van der Waals surface area contributed by atoms with Gasteiger partial charge in [0.2, 0.25) is 0 Å². The van der Waals surface area contributed by atoms with E-state index < -0.39 is 11.7 Å². The summed E-state index contributed by atoms with van der Waals surface area (Å²) in [7, 11) is 0. The van der Waals surface area contributed by atoms with Gasteiger partial charge in [-0.2, -0.15) is 13.2 Å². The smallest absolute Gasteiger partial charge is 0.398 e. The van der Waals surface area contributed by atoms with Crippen LogP contribution in [0.25, 0.3) is 0 Å². The van der Waals surface area contributed by atoms with Crippen molar-refractivity contribution in [1.29, 1.82) is 0 Å². The molecule has 1 rings (SSSR count). The number of hydrogen-bond acceptors (Lipinski definition) is 2. The third-order valence-corrected chi connectivity index (χ3v) is 2.69. The predicted octanol–water partition coefficient (Wildman–Crippen LogP) is 3.55. The fourth-order valence-corrected chi connectivity index (χ4v) is 1.87. The van der Waals surface area contributed by atoms with Crippen LogP contribution in [-0.2, 0) is 12.7 Å². The lowest BCUT2D eigenvalue weighted by Gasteiger charge is -2.16. The third-order valence-electron chi connectivity index (χ3n) is 2.24. The highest BCUT2D eigenvalue weighted by atomic mass is 79.9. The van der Waals surface area contributed by atoms with E-state index in [1.165, 1.54) is 0 Å². The van der Waals surface area contributed by atoms with Crippen molar-refractivity contribution in [3.8, 4) is 0 Å². The minimum absolute atomic E-state index is 0.183. The van der Waals surface area contributed by atoms with Crippen LogP contribution in [-0.4, -0.2) is 6.04 Å². The number of anilines is 1. The lowest BCUT2D eigenvalue weighted by atomic mass is 10.1. The van der Waals surface area contributed by atoms with Crippen LogP contribution in [0.3, 0.4) is 0 Å². The maximum atomic E-state index is 12.7.